The van der Waals surface area contributed by atoms with Gasteiger partial charge in [0.25, 0.3) is 0 Å². The van der Waals surface area contributed by atoms with Crippen LogP contribution in [0.25, 0.3) is 72.1 Å². The zero-order valence-electron chi connectivity index (χ0n) is 28.6. The maximum Gasteiger partial charge on any atom is 2.00 e. The Morgan fingerprint density at radius 2 is 0.891 bits per heavy atom. The molecule has 0 radical (unpaired) electrons. The fraction of sp³-hybridized carbons (Fsp3) is 0. The van der Waals surface area contributed by atoms with E-state index in [-0.39, 0.29) is 42.1 Å². The maximum atomic E-state index is 6.36. The molecule has 0 unspecified atom stereocenters. The molecule has 4 aromatic heterocycles. The van der Waals surface area contributed by atoms with E-state index in [2.05, 4.69) is 58.5 Å². The van der Waals surface area contributed by atoms with Crippen LogP contribution in [0.5, 0.6) is 23.0 Å². The van der Waals surface area contributed by atoms with Gasteiger partial charge >= 0.3 is 42.1 Å². The fourth-order valence-corrected chi connectivity index (χ4v) is 6.53. The van der Waals surface area contributed by atoms with Gasteiger partial charge in [-0.3, -0.25) is 9.97 Å². The fourth-order valence-electron chi connectivity index (χ4n) is 6.53. The minimum absolute atomic E-state index is 0. The molecule has 10 aromatic rings. The third kappa shape index (κ3) is 7.05. The molecule has 0 aliphatic carbocycles. The summed E-state index contributed by atoms with van der Waals surface area (Å²) < 4.78 is 14.6. The van der Waals surface area contributed by atoms with Crippen LogP contribution in [0.2, 0.25) is 0 Å². The van der Waals surface area contributed by atoms with Crippen LogP contribution in [-0.4, -0.2) is 24.5 Å². The molecule has 0 saturated carbocycles. The Hall–Kier alpha value is -6.00. The predicted molar refractivity (Wildman–Crippen MR) is 206 cm³/mol. The molecule has 266 valence electrons. The molecular weight excluding hydrogens is 1040 g/mol. The molecule has 0 fully saturated rings. The minimum Gasteiger partial charge on any atom is -0.503 e. The number of fused-ring (bicyclic) bond motifs is 5. The van der Waals surface area contributed by atoms with Gasteiger partial charge in [0.1, 0.15) is 0 Å². The summed E-state index contributed by atoms with van der Waals surface area (Å²) in [5, 5.41) is 4.05. The first-order valence-electron chi connectivity index (χ1n) is 17.0. The van der Waals surface area contributed by atoms with Gasteiger partial charge in [-0.25, -0.2) is 9.97 Å². The molecule has 0 aliphatic rings. The average Bonchev–Trinajstić information content (AvgIpc) is 3.53. The predicted octanol–water partition coefficient (Wildman–Crippen LogP) is 10.8. The number of aromatic nitrogens is 5. The van der Waals surface area contributed by atoms with Crippen molar-refractivity contribution in [3.8, 4) is 51.5 Å². The van der Waals surface area contributed by atoms with Gasteiger partial charge in [0.15, 0.2) is 0 Å². The molecule has 55 heavy (non-hydrogen) atoms. The van der Waals surface area contributed by atoms with E-state index in [1.54, 1.807) is 18.5 Å². The molecular formula is C46H25N5O2Pt2. The summed E-state index contributed by atoms with van der Waals surface area (Å²) in [7, 11) is 0. The van der Waals surface area contributed by atoms with Crippen LogP contribution in [0.3, 0.4) is 0 Å². The summed E-state index contributed by atoms with van der Waals surface area (Å²) >= 11 is 0. The van der Waals surface area contributed by atoms with Crippen molar-refractivity contribution in [1.82, 2.24) is 24.5 Å². The van der Waals surface area contributed by atoms with Gasteiger partial charge in [-0.1, -0.05) is 83.8 Å². The van der Waals surface area contributed by atoms with E-state index in [1.807, 2.05) is 114 Å². The van der Waals surface area contributed by atoms with Gasteiger partial charge in [0.05, 0.1) is 11.0 Å². The van der Waals surface area contributed by atoms with E-state index < -0.39 is 0 Å². The summed E-state index contributed by atoms with van der Waals surface area (Å²) in [6.45, 7) is 0. The molecule has 10 rings (SSSR count). The largest absolute Gasteiger partial charge is 2.00 e. The Morgan fingerprint density at radius 1 is 0.418 bits per heavy atom. The van der Waals surface area contributed by atoms with Crippen LogP contribution in [-0.2, 0) is 42.1 Å². The van der Waals surface area contributed by atoms with Crippen LogP contribution >= 0.6 is 0 Å². The normalized spacial score (nSPS) is 11.0. The summed E-state index contributed by atoms with van der Waals surface area (Å²) in [5.74, 6) is 2.60. The zero-order valence-corrected chi connectivity index (χ0v) is 33.2. The molecule has 4 heterocycles. The SMILES string of the molecule is [Pt+2].[Pt+2].[c-]1c(Oc2[c-]c3c(cc2)c2ccc(Oc4[c-]c(-c5ccc6ccccc6n5)ccc4)[c-]c2n3-c2ncccn2)cccc1-c1ccc2ccccc2n1. The Labute approximate surface area is 345 Å². The number of rotatable bonds is 7. The van der Waals surface area contributed by atoms with Crippen molar-refractivity contribution in [1.29, 1.82) is 0 Å². The van der Waals surface area contributed by atoms with E-state index >= 15 is 0 Å². The van der Waals surface area contributed by atoms with Gasteiger partial charge in [-0.15, -0.1) is 71.8 Å². The first kappa shape index (κ1) is 36.0. The second kappa shape index (κ2) is 15.4. The van der Waals surface area contributed by atoms with Crippen LogP contribution < -0.4 is 9.47 Å². The first-order chi connectivity index (χ1) is 26.2. The molecule has 0 saturated heterocycles. The van der Waals surface area contributed by atoms with Crippen molar-refractivity contribution in [2.75, 3.05) is 0 Å². The molecule has 0 N–H and O–H groups in total. The summed E-state index contributed by atoms with van der Waals surface area (Å²) in [6.07, 6.45) is 3.42. The zero-order chi connectivity index (χ0) is 35.1. The smallest absolute Gasteiger partial charge is 0.503 e. The number of hydrogen-bond donors (Lipinski definition) is 0. The Kier molecular flexibility index (Phi) is 10.1. The summed E-state index contributed by atoms with van der Waals surface area (Å²) in [4.78, 5) is 18.8. The Morgan fingerprint density at radius 3 is 1.40 bits per heavy atom. The number of benzene rings is 6. The van der Waals surface area contributed by atoms with Crippen molar-refractivity contribution in [3.63, 3.8) is 0 Å². The van der Waals surface area contributed by atoms with Crippen LogP contribution in [0, 0.1) is 24.3 Å². The Balaban J connectivity index is 0.00000214. The van der Waals surface area contributed by atoms with Crippen molar-refractivity contribution < 1.29 is 51.6 Å². The molecule has 0 atom stereocenters. The second-order valence-corrected chi connectivity index (χ2v) is 12.4. The second-order valence-electron chi connectivity index (χ2n) is 12.4. The minimum atomic E-state index is 0. The van der Waals surface area contributed by atoms with Crippen molar-refractivity contribution >= 4 is 43.6 Å². The van der Waals surface area contributed by atoms with E-state index in [1.165, 1.54) is 0 Å². The maximum absolute atomic E-state index is 6.36. The van der Waals surface area contributed by atoms with Gasteiger partial charge in [0.2, 0.25) is 5.95 Å². The van der Waals surface area contributed by atoms with Gasteiger partial charge in [0, 0.05) is 35.4 Å². The van der Waals surface area contributed by atoms with Crippen LogP contribution in [0.4, 0.5) is 0 Å². The van der Waals surface area contributed by atoms with Gasteiger partial charge in [-0.2, -0.15) is 22.9 Å². The van der Waals surface area contributed by atoms with Crippen molar-refractivity contribution in [2.24, 2.45) is 0 Å². The molecule has 7 nitrogen and oxygen atoms in total. The number of ether oxygens (including phenoxy) is 2. The average molecular weight is 1070 g/mol. The first-order valence-corrected chi connectivity index (χ1v) is 17.0. The van der Waals surface area contributed by atoms with Gasteiger partial charge < -0.3 is 14.0 Å². The van der Waals surface area contributed by atoms with E-state index in [4.69, 9.17) is 19.4 Å². The molecule has 9 heteroatoms. The molecule has 0 aliphatic heterocycles. The topological polar surface area (TPSA) is 75.0 Å². The number of hydrogen-bond acceptors (Lipinski definition) is 6. The van der Waals surface area contributed by atoms with E-state index in [0.29, 0.717) is 28.9 Å². The monoisotopic (exact) mass is 1070 g/mol. The number of nitrogens with zero attached hydrogens (tertiary/aromatic N) is 5. The third-order valence-electron chi connectivity index (χ3n) is 9.01. The summed E-state index contributed by atoms with van der Waals surface area (Å²) in [6, 6.07) is 59.1. The number of pyridine rings is 2. The van der Waals surface area contributed by atoms with Crippen LogP contribution in [0.1, 0.15) is 0 Å². The quantitative estimate of drug-likeness (QED) is 0.148. The van der Waals surface area contributed by atoms with E-state index in [9.17, 15) is 0 Å². The molecule has 6 aromatic carbocycles. The Bertz CT molecular complexity index is 2810. The van der Waals surface area contributed by atoms with Gasteiger partial charge in [-0.05, 0) is 40.4 Å². The van der Waals surface area contributed by atoms with Crippen molar-refractivity contribution in [3.05, 3.63) is 176 Å². The molecule has 0 amide bonds. The standard InChI is InChI=1S/C46H25N5O2.2Pt/c1-3-14-40-30(8-1)16-22-42(49-40)32-10-5-12-34(26-32)52-36-18-20-38-39-21-19-37(29-45(39)51(44(38)28-36)46-47-24-7-25-48-46)53-35-13-6-11-33(27-35)43-23-17-31-9-2-4-15-41(31)50-43;;/h1-25H;;/q-4;2*+2. The number of para-hydroxylation sites is 2. The summed E-state index contributed by atoms with van der Waals surface area (Å²) in [5.41, 5.74) is 6.63. The van der Waals surface area contributed by atoms with Crippen molar-refractivity contribution in [2.45, 2.75) is 0 Å². The van der Waals surface area contributed by atoms with Crippen LogP contribution in [0.15, 0.2) is 152 Å². The molecule has 0 bridgehead atoms. The van der Waals surface area contributed by atoms with E-state index in [0.717, 1.165) is 66.1 Å². The third-order valence-corrected chi connectivity index (χ3v) is 9.01. The molecule has 0 spiro atoms.